The number of aromatic nitrogens is 4. The van der Waals surface area contributed by atoms with Crippen LogP contribution >= 0.6 is 0 Å². The van der Waals surface area contributed by atoms with E-state index in [9.17, 15) is 8.42 Å². The molecule has 0 bridgehead atoms. The fraction of sp³-hybridized carbons (Fsp3) is 0.292. The van der Waals surface area contributed by atoms with Gasteiger partial charge < -0.3 is 15.8 Å². The maximum absolute atomic E-state index is 14.2. The molecule has 1 aliphatic heterocycles. The maximum atomic E-state index is 14.2. The SMILES string of the molecule is COc1cc(C)c(S(=O)(=O)N2CC(Nc3nc(N)nc4[nH]ncc34)Cc3ccccc32)c(C)c1C. The molecule has 2 aromatic heterocycles. The topological polar surface area (TPSA) is 139 Å². The van der Waals surface area contributed by atoms with Gasteiger partial charge in [-0.3, -0.25) is 9.40 Å². The number of nitrogens with zero attached hydrogens (tertiary/aromatic N) is 4. The summed E-state index contributed by atoms with van der Waals surface area (Å²) in [6.45, 7) is 5.71. The summed E-state index contributed by atoms with van der Waals surface area (Å²) < 4.78 is 35.3. The number of benzene rings is 2. The monoisotopic (exact) mass is 493 g/mol. The number of nitrogens with one attached hydrogen (secondary N) is 2. The van der Waals surface area contributed by atoms with Crippen molar-refractivity contribution < 1.29 is 13.2 Å². The van der Waals surface area contributed by atoms with Crippen LogP contribution in [0.3, 0.4) is 0 Å². The zero-order valence-electron chi connectivity index (χ0n) is 20.0. The molecule has 0 aliphatic carbocycles. The van der Waals surface area contributed by atoms with Gasteiger partial charge in [-0.15, -0.1) is 0 Å². The highest BCUT2D eigenvalue weighted by atomic mass is 32.2. The zero-order chi connectivity index (χ0) is 24.9. The number of aryl methyl sites for hydroxylation is 1. The number of nitrogens with two attached hydrogens (primary N) is 1. The van der Waals surface area contributed by atoms with Gasteiger partial charge in [0.05, 0.1) is 41.9 Å². The molecule has 5 rings (SSSR count). The summed E-state index contributed by atoms with van der Waals surface area (Å²) in [6.07, 6.45) is 2.24. The number of ether oxygens (including phenoxy) is 1. The van der Waals surface area contributed by atoms with E-state index >= 15 is 0 Å². The smallest absolute Gasteiger partial charge is 0.264 e. The lowest BCUT2D eigenvalue weighted by atomic mass is 9.99. The van der Waals surface area contributed by atoms with Crippen LogP contribution in [0.25, 0.3) is 11.0 Å². The summed E-state index contributed by atoms with van der Waals surface area (Å²) in [5.41, 5.74) is 10.1. The molecule has 11 heteroatoms. The van der Waals surface area contributed by atoms with Gasteiger partial charge in [-0.05, 0) is 61.6 Å². The van der Waals surface area contributed by atoms with Crippen LogP contribution in [-0.4, -0.2) is 48.3 Å². The Labute approximate surface area is 203 Å². The van der Waals surface area contributed by atoms with E-state index in [1.165, 1.54) is 4.31 Å². The molecule has 1 aliphatic rings. The lowest BCUT2D eigenvalue weighted by Gasteiger charge is -2.36. The zero-order valence-corrected chi connectivity index (χ0v) is 20.8. The van der Waals surface area contributed by atoms with Gasteiger partial charge in [0.1, 0.15) is 11.6 Å². The average molecular weight is 494 g/mol. The quantitative estimate of drug-likeness (QED) is 0.385. The Balaban J connectivity index is 1.59. The van der Waals surface area contributed by atoms with Crippen molar-refractivity contribution in [2.45, 2.75) is 38.1 Å². The number of rotatable bonds is 5. The molecule has 3 heterocycles. The Hall–Kier alpha value is -3.86. The van der Waals surface area contributed by atoms with E-state index in [0.29, 0.717) is 50.7 Å². The summed E-state index contributed by atoms with van der Waals surface area (Å²) in [5, 5.41) is 10.9. The number of para-hydroxylation sites is 1. The van der Waals surface area contributed by atoms with Gasteiger partial charge in [-0.1, -0.05) is 18.2 Å². The first-order chi connectivity index (χ1) is 16.7. The van der Waals surface area contributed by atoms with Gasteiger partial charge in [0.25, 0.3) is 10.0 Å². The summed E-state index contributed by atoms with van der Waals surface area (Å²) in [5.74, 6) is 1.28. The van der Waals surface area contributed by atoms with Gasteiger partial charge in [0.15, 0.2) is 5.65 Å². The Bertz CT molecular complexity index is 1550. The molecule has 182 valence electrons. The average Bonchev–Trinajstić information content (AvgIpc) is 3.29. The van der Waals surface area contributed by atoms with Crippen LogP contribution in [0, 0.1) is 20.8 Å². The number of H-pyrrole nitrogens is 1. The number of hydrogen-bond acceptors (Lipinski definition) is 8. The Morgan fingerprint density at radius 3 is 2.71 bits per heavy atom. The number of nitrogen functional groups attached to an aromatic ring is 1. The van der Waals surface area contributed by atoms with Crippen LogP contribution in [0.5, 0.6) is 5.75 Å². The number of sulfonamides is 1. The van der Waals surface area contributed by atoms with Gasteiger partial charge >= 0.3 is 0 Å². The van der Waals surface area contributed by atoms with Crippen LogP contribution in [0.4, 0.5) is 17.5 Å². The van der Waals surface area contributed by atoms with Gasteiger partial charge in [0.2, 0.25) is 5.95 Å². The fourth-order valence-electron chi connectivity index (χ4n) is 4.78. The predicted molar refractivity (Wildman–Crippen MR) is 135 cm³/mol. The highest BCUT2D eigenvalue weighted by Gasteiger charge is 2.36. The molecule has 0 fully saturated rings. The maximum Gasteiger partial charge on any atom is 0.264 e. The third-order valence-electron chi connectivity index (χ3n) is 6.53. The van der Waals surface area contributed by atoms with E-state index in [4.69, 9.17) is 10.5 Å². The van der Waals surface area contributed by atoms with Crippen molar-refractivity contribution in [3.05, 3.63) is 58.8 Å². The molecule has 35 heavy (non-hydrogen) atoms. The molecule has 0 spiro atoms. The minimum absolute atomic E-state index is 0.102. The van der Waals surface area contributed by atoms with Crippen molar-refractivity contribution in [1.29, 1.82) is 0 Å². The number of anilines is 3. The van der Waals surface area contributed by atoms with E-state index < -0.39 is 10.0 Å². The second-order valence-electron chi connectivity index (χ2n) is 8.75. The third kappa shape index (κ3) is 3.81. The van der Waals surface area contributed by atoms with Crippen molar-refractivity contribution in [2.24, 2.45) is 0 Å². The highest BCUT2D eigenvalue weighted by Crippen LogP contribution is 2.37. The molecule has 4 aromatic rings. The number of hydrogen-bond donors (Lipinski definition) is 3. The largest absolute Gasteiger partial charge is 0.496 e. The molecule has 2 aromatic carbocycles. The first-order valence-corrected chi connectivity index (χ1v) is 12.6. The van der Waals surface area contributed by atoms with Crippen LogP contribution in [0.1, 0.15) is 22.3 Å². The van der Waals surface area contributed by atoms with Crippen molar-refractivity contribution >= 4 is 38.5 Å². The van der Waals surface area contributed by atoms with Gasteiger partial charge in [-0.2, -0.15) is 15.1 Å². The molecule has 4 N–H and O–H groups in total. The van der Waals surface area contributed by atoms with E-state index in [-0.39, 0.29) is 18.5 Å². The lowest BCUT2D eigenvalue weighted by molar-refractivity contribution is 0.410. The van der Waals surface area contributed by atoms with Gasteiger partial charge in [-0.25, -0.2) is 8.42 Å². The van der Waals surface area contributed by atoms with Gasteiger partial charge in [0, 0.05) is 0 Å². The predicted octanol–water partition coefficient (Wildman–Crippen LogP) is 3.10. The first-order valence-electron chi connectivity index (χ1n) is 11.2. The fourth-order valence-corrected chi connectivity index (χ4v) is 6.81. The first kappa shape index (κ1) is 22.9. The van der Waals surface area contributed by atoms with E-state index in [1.807, 2.05) is 38.1 Å². The number of fused-ring (bicyclic) bond motifs is 2. The normalized spacial score (nSPS) is 15.8. The van der Waals surface area contributed by atoms with E-state index in [2.05, 4.69) is 25.5 Å². The Morgan fingerprint density at radius 1 is 1.17 bits per heavy atom. The summed E-state index contributed by atoms with van der Waals surface area (Å²) in [6, 6.07) is 9.09. The molecule has 0 amide bonds. The Morgan fingerprint density at radius 2 is 1.94 bits per heavy atom. The highest BCUT2D eigenvalue weighted by molar-refractivity contribution is 7.93. The molecule has 1 atom stereocenters. The molecular formula is C24H27N7O3S. The van der Waals surface area contributed by atoms with Crippen LogP contribution in [0.15, 0.2) is 41.4 Å². The third-order valence-corrected chi connectivity index (χ3v) is 8.60. The molecule has 0 radical (unpaired) electrons. The van der Waals surface area contributed by atoms with E-state index in [1.54, 1.807) is 26.3 Å². The van der Waals surface area contributed by atoms with Crippen molar-refractivity contribution in [3.63, 3.8) is 0 Å². The molecule has 1 unspecified atom stereocenters. The minimum Gasteiger partial charge on any atom is -0.496 e. The molecule has 0 saturated carbocycles. The second kappa shape index (κ2) is 8.42. The molecule has 0 saturated heterocycles. The van der Waals surface area contributed by atoms with E-state index in [0.717, 1.165) is 11.1 Å². The number of methoxy groups -OCH3 is 1. The second-order valence-corrected chi connectivity index (χ2v) is 10.5. The van der Waals surface area contributed by atoms with Crippen molar-refractivity contribution in [2.75, 3.05) is 29.0 Å². The molecular weight excluding hydrogens is 466 g/mol. The van der Waals surface area contributed by atoms with Crippen LogP contribution in [-0.2, 0) is 16.4 Å². The lowest BCUT2D eigenvalue weighted by Crippen LogP contribution is -2.46. The summed E-state index contributed by atoms with van der Waals surface area (Å²) >= 11 is 0. The number of aromatic amines is 1. The summed E-state index contributed by atoms with van der Waals surface area (Å²) in [7, 11) is -2.30. The standard InChI is InChI=1S/C24H27N7O3S/c1-13-9-20(34-4)14(2)15(3)21(13)35(32,33)31-12-17(10-16-7-5-6-8-19(16)31)27-22-18-11-26-30-23(18)29-24(25)28-22/h5-9,11,17H,10,12H2,1-4H3,(H4,25,26,27,28,29,30). The summed E-state index contributed by atoms with van der Waals surface area (Å²) in [4.78, 5) is 8.80. The van der Waals surface area contributed by atoms with Crippen molar-refractivity contribution in [1.82, 2.24) is 20.2 Å². The molecule has 10 nitrogen and oxygen atoms in total. The van der Waals surface area contributed by atoms with Crippen LogP contribution in [0.2, 0.25) is 0 Å². The van der Waals surface area contributed by atoms with Crippen LogP contribution < -0.4 is 20.1 Å². The minimum atomic E-state index is -3.89. The van der Waals surface area contributed by atoms with Crippen molar-refractivity contribution in [3.8, 4) is 5.75 Å². The Kier molecular flexibility index (Phi) is 5.51.